The lowest BCUT2D eigenvalue weighted by molar-refractivity contribution is 0.0357. The lowest BCUT2D eigenvalue weighted by Crippen LogP contribution is -2.26. The molecule has 0 aliphatic rings. The van der Waals surface area contributed by atoms with Crippen molar-refractivity contribution >= 4 is 29.1 Å². The summed E-state index contributed by atoms with van der Waals surface area (Å²) in [5.41, 5.74) is 4.43. The second kappa shape index (κ2) is 9.17. The van der Waals surface area contributed by atoms with Crippen molar-refractivity contribution in [2.24, 2.45) is 0 Å². The van der Waals surface area contributed by atoms with Gasteiger partial charge in [-0.3, -0.25) is 9.63 Å². The third-order valence-electron chi connectivity index (χ3n) is 4.08. The van der Waals surface area contributed by atoms with Crippen LogP contribution in [0.15, 0.2) is 42.5 Å². The molecule has 3 aromatic rings. The fourth-order valence-electron chi connectivity index (χ4n) is 2.69. The number of ether oxygens (including phenoxy) is 2. The standard InChI is InChI=1S/C20H19Cl2N3O4/c1-4-29-24-20(26)18-11-17(14-7-6-13(27-2)10-19(14)28-3)23-25(18)12-5-8-15(21)16(22)9-12/h5-11H,4H2,1-3H3,(H,24,26). The van der Waals surface area contributed by atoms with Gasteiger partial charge in [-0.15, -0.1) is 0 Å². The molecule has 0 aliphatic carbocycles. The number of rotatable bonds is 7. The van der Waals surface area contributed by atoms with E-state index in [0.29, 0.717) is 45.1 Å². The second-order valence-electron chi connectivity index (χ2n) is 5.86. The van der Waals surface area contributed by atoms with Crippen LogP contribution in [0.4, 0.5) is 0 Å². The van der Waals surface area contributed by atoms with E-state index in [1.807, 2.05) is 6.07 Å². The monoisotopic (exact) mass is 435 g/mol. The van der Waals surface area contributed by atoms with Crippen molar-refractivity contribution in [2.45, 2.75) is 6.92 Å². The van der Waals surface area contributed by atoms with Crippen LogP contribution < -0.4 is 15.0 Å². The minimum absolute atomic E-state index is 0.254. The van der Waals surface area contributed by atoms with E-state index in [1.54, 1.807) is 57.5 Å². The van der Waals surface area contributed by atoms with Crippen molar-refractivity contribution in [1.82, 2.24) is 15.3 Å². The number of halogens is 2. The molecule has 1 N–H and O–H groups in total. The summed E-state index contributed by atoms with van der Waals surface area (Å²) in [4.78, 5) is 17.7. The lowest BCUT2D eigenvalue weighted by Gasteiger charge is -2.09. The number of nitrogens with one attached hydrogen (secondary N) is 1. The summed E-state index contributed by atoms with van der Waals surface area (Å²) in [7, 11) is 3.13. The van der Waals surface area contributed by atoms with Crippen LogP contribution in [0.3, 0.4) is 0 Å². The number of carbonyl (C=O) groups is 1. The van der Waals surface area contributed by atoms with Gasteiger partial charge in [0.1, 0.15) is 17.2 Å². The van der Waals surface area contributed by atoms with Gasteiger partial charge in [-0.1, -0.05) is 23.2 Å². The number of amides is 1. The van der Waals surface area contributed by atoms with Crippen LogP contribution in [-0.2, 0) is 4.84 Å². The number of aromatic nitrogens is 2. The summed E-state index contributed by atoms with van der Waals surface area (Å²) in [6.45, 7) is 2.09. The predicted octanol–water partition coefficient (Wildman–Crippen LogP) is 4.54. The maximum Gasteiger partial charge on any atom is 0.293 e. The highest BCUT2D eigenvalue weighted by atomic mass is 35.5. The summed E-state index contributed by atoms with van der Waals surface area (Å²) in [6.07, 6.45) is 0. The molecule has 7 nitrogen and oxygen atoms in total. The maximum absolute atomic E-state index is 12.6. The first-order valence-electron chi connectivity index (χ1n) is 8.68. The number of nitrogens with zero attached hydrogens (tertiary/aromatic N) is 2. The van der Waals surface area contributed by atoms with E-state index >= 15 is 0 Å². The molecule has 0 fully saturated rings. The van der Waals surface area contributed by atoms with Gasteiger partial charge in [0.25, 0.3) is 5.91 Å². The van der Waals surface area contributed by atoms with Gasteiger partial charge in [-0.25, -0.2) is 10.2 Å². The summed E-state index contributed by atoms with van der Waals surface area (Å²) >= 11 is 12.2. The van der Waals surface area contributed by atoms with Crippen molar-refractivity contribution in [3.8, 4) is 28.4 Å². The second-order valence-corrected chi connectivity index (χ2v) is 6.67. The minimum atomic E-state index is -0.454. The number of hydrogen-bond donors (Lipinski definition) is 1. The van der Waals surface area contributed by atoms with Crippen LogP contribution in [-0.4, -0.2) is 36.5 Å². The Morgan fingerprint density at radius 1 is 1.07 bits per heavy atom. The summed E-state index contributed by atoms with van der Waals surface area (Å²) in [5, 5.41) is 5.34. The molecule has 1 heterocycles. The number of hydroxylamine groups is 1. The zero-order valence-corrected chi connectivity index (χ0v) is 17.5. The van der Waals surface area contributed by atoms with Gasteiger partial charge in [-0.05, 0) is 43.3 Å². The molecule has 9 heteroatoms. The SMILES string of the molecule is CCONC(=O)c1cc(-c2ccc(OC)cc2OC)nn1-c1ccc(Cl)c(Cl)c1. The van der Waals surface area contributed by atoms with E-state index in [2.05, 4.69) is 10.6 Å². The van der Waals surface area contributed by atoms with E-state index in [1.165, 1.54) is 4.68 Å². The van der Waals surface area contributed by atoms with E-state index in [0.717, 1.165) is 0 Å². The normalized spacial score (nSPS) is 10.7. The summed E-state index contributed by atoms with van der Waals surface area (Å²) in [6, 6.07) is 12.0. The summed E-state index contributed by atoms with van der Waals surface area (Å²) in [5.74, 6) is 0.743. The van der Waals surface area contributed by atoms with Gasteiger partial charge in [0, 0.05) is 11.6 Å². The van der Waals surface area contributed by atoms with Crippen LogP contribution in [0.1, 0.15) is 17.4 Å². The van der Waals surface area contributed by atoms with Gasteiger partial charge >= 0.3 is 0 Å². The lowest BCUT2D eigenvalue weighted by atomic mass is 10.1. The Labute approximate surface area is 178 Å². The first-order valence-corrected chi connectivity index (χ1v) is 9.44. The molecule has 1 aromatic heterocycles. The van der Waals surface area contributed by atoms with Crippen molar-refractivity contribution < 1.29 is 19.1 Å². The largest absolute Gasteiger partial charge is 0.497 e. The molecule has 0 saturated carbocycles. The van der Waals surface area contributed by atoms with Gasteiger partial charge in [0.05, 0.1) is 42.3 Å². The van der Waals surface area contributed by atoms with Crippen molar-refractivity contribution in [1.29, 1.82) is 0 Å². The Hall–Kier alpha value is -2.74. The zero-order valence-electron chi connectivity index (χ0n) is 16.0. The molecule has 0 aliphatic heterocycles. The Balaban J connectivity index is 2.14. The minimum Gasteiger partial charge on any atom is -0.497 e. The molecule has 0 unspecified atom stereocenters. The molecule has 0 bridgehead atoms. The Morgan fingerprint density at radius 3 is 2.52 bits per heavy atom. The van der Waals surface area contributed by atoms with Crippen molar-refractivity contribution in [2.75, 3.05) is 20.8 Å². The maximum atomic E-state index is 12.6. The van der Waals surface area contributed by atoms with Gasteiger partial charge in [-0.2, -0.15) is 5.10 Å². The van der Waals surface area contributed by atoms with E-state index in [9.17, 15) is 4.79 Å². The molecular weight excluding hydrogens is 417 g/mol. The highest BCUT2D eigenvalue weighted by Gasteiger charge is 2.20. The number of benzene rings is 2. The fourth-order valence-corrected chi connectivity index (χ4v) is 2.98. The zero-order chi connectivity index (χ0) is 21.0. The van der Waals surface area contributed by atoms with Crippen LogP contribution in [0.2, 0.25) is 10.0 Å². The van der Waals surface area contributed by atoms with Crippen LogP contribution >= 0.6 is 23.2 Å². The quantitative estimate of drug-likeness (QED) is 0.551. The highest BCUT2D eigenvalue weighted by Crippen LogP contribution is 2.34. The fraction of sp³-hybridized carbons (Fsp3) is 0.200. The average molecular weight is 436 g/mol. The molecule has 152 valence electrons. The van der Waals surface area contributed by atoms with Gasteiger partial charge in [0.15, 0.2) is 0 Å². The predicted molar refractivity (Wildman–Crippen MR) is 111 cm³/mol. The molecule has 0 radical (unpaired) electrons. The van der Waals surface area contributed by atoms with Crippen LogP contribution in [0, 0.1) is 0 Å². The molecule has 29 heavy (non-hydrogen) atoms. The molecule has 1 amide bonds. The summed E-state index contributed by atoms with van der Waals surface area (Å²) < 4.78 is 12.2. The van der Waals surface area contributed by atoms with E-state index < -0.39 is 5.91 Å². The van der Waals surface area contributed by atoms with Crippen LogP contribution in [0.25, 0.3) is 16.9 Å². The smallest absolute Gasteiger partial charge is 0.293 e. The Morgan fingerprint density at radius 2 is 1.86 bits per heavy atom. The first kappa shape index (κ1) is 21.0. The third kappa shape index (κ3) is 4.48. The molecular formula is C20H19Cl2N3O4. The molecule has 0 saturated heterocycles. The topological polar surface area (TPSA) is 74.6 Å². The van der Waals surface area contributed by atoms with Gasteiger partial charge in [0.2, 0.25) is 0 Å². The number of carbonyl (C=O) groups excluding carboxylic acids is 1. The number of hydrogen-bond acceptors (Lipinski definition) is 5. The van der Waals surface area contributed by atoms with Crippen molar-refractivity contribution in [3.05, 3.63) is 58.2 Å². The van der Waals surface area contributed by atoms with E-state index in [-0.39, 0.29) is 5.69 Å². The molecule has 3 rings (SSSR count). The van der Waals surface area contributed by atoms with Crippen molar-refractivity contribution in [3.63, 3.8) is 0 Å². The Bertz CT molecular complexity index is 1040. The third-order valence-corrected chi connectivity index (χ3v) is 4.82. The average Bonchev–Trinajstić information content (AvgIpc) is 3.18. The molecule has 0 atom stereocenters. The van der Waals surface area contributed by atoms with Crippen LogP contribution in [0.5, 0.6) is 11.5 Å². The number of methoxy groups -OCH3 is 2. The van der Waals surface area contributed by atoms with E-state index in [4.69, 9.17) is 37.5 Å². The molecule has 2 aromatic carbocycles. The molecule has 0 spiro atoms. The van der Waals surface area contributed by atoms with Gasteiger partial charge < -0.3 is 9.47 Å². The highest BCUT2D eigenvalue weighted by molar-refractivity contribution is 6.42. The first-order chi connectivity index (χ1) is 14.0. The Kier molecular flexibility index (Phi) is 6.64.